The maximum Gasteiger partial charge on any atom is 0.329 e. The lowest BCUT2D eigenvalue weighted by Crippen LogP contribution is -2.67. The molecule has 3 N–H and O–H groups in total. The quantitative estimate of drug-likeness (QED) is 0.714. The third-order valence-electron chi connectivity index (χ3n) is 4.74. The molecule has 2 aliphatic carbocycles. The van der Waals surface area contributed by atoms with Crippen LogP contribution < -0.4 is 10.6 Å². The van der Waals surface area contributed by atoms with Gasteiger partial charge in [0, 0.05) is 18.6 Å². The molecule has 0 aliphatic heterocycles. The largest absolute Gasteiger partial charge is 0.480 e. The van der Waals surface area contributed by atoms with Crippen molar-refractivity contribution < 1.29 is 19.4 Å². The fourth-order valence-corrected chi connectivity index (χ4v) is 2.86. The minimum absolute atomic E-state index is 0.0170. The van der Waals surface area contributed by atoms with E-state index in [2.05, 4.69) is 10.6 Å². The Hall–Kier alpha value is -1.30. The van der Waals surface area contributed by atoms with E-state index in [1.54, 1.807) is 7.11 Å². The van der Waals surface area contributed by atoms with Gasteiger partial charge in [-0.3, -0.25) is 0 Å². The van der Waals surface area contributed by atoms with Crippen LogP contribution >= 0.6 is 0 Å². The molecule has 19 heavy (non-hydrogen) atoms. The summed E-state index contributed by atoms with van der Waals surface area (Å²) in [6.07, 6.45) is 2.74. The number of hydrogen-bond acceptors (Lipinski definition) is 3. The summed E-state index contributed by atoms with van der Waals surface area (Å²) in [5.74, 6) is -0.948. The SMILES string of the molecule is COC1CC(NC(=O)NC2(C(=O)O)CCC2)C1(C)C. The molecule has 0 heterocycles. The predicted molar refractivity (Wildman–Crippen MR) is 68.9 cm³/mol. The summed E-state index contributed by atoms with van der Waals surface area (Å²) in [5, 5.41) is 14.6. The molecule has 2 atom stereocenters. The van der Waals surface area contributed by atoms with Gasteiger partial charge in [0.25, 0.3) is 0 Å². The second-order valence-electron chi connectivity index (χ2n) is 6.17. The van der Waals surface area contributed by atoms with Crippen LogP contribution in [-0.2, 0) is 9.53 Å². The van der Waals surface area contributed by atoms with Gasteiger partial charge < -0.3 is 20.5 Å². The fraction of sp³-hybridized carbons (Fsp3) is 0.846. The number of carbonyl (C=O) groups excluding carboxylic acids is 1. The number of methoxy groups -OCH3 is 1. The highest BCUT2D eigenvalue weighted by molar-refractivity contribution is 5.87. The van der Waals surface area contributed by atoms with Gasteiger partial charge in [-0.2, -0.15) is 0 Å². The van der Waals surface area contributed by atoms with Crippen molar-refractivity contribution in [3.05, 3.63) is 0 Å². The number of hydrogen-bond donors (Lipinski definition) is 3. The second-order valence-corrected chi connectivity index (χ2v) is 6.17. The smallest absolute Gasteiger partial charge is 0.329 e. The van der Waals surface area contributed by atoms with Crippen molar-refractivity contribution in [3.8, 4) is 0 Å². The molecular formula is C13H22N2O4. The third kappa shape index (κ3) is 2.29. The molecule has 2 fully saturated rings. The molecule has 2 aliphatic rings. The molecule has 0 aromatic rings. The topological polar surface area (TPSA) is 87.7 Å². The van der Waals surface area contributed by atoms with Gasteiger partial charge in [-0.25, -0.2) is 9.59 Å². The Morgan fingerprint density at radius 2 is 1.95 bits per heavy atom. The van der Waals surface area contributed by atoms with E-state index in [9.17, 15) is 9.59 Å². The zero-order valence-electron chi connectivity index (χ0n) is 11.7. The standard InChI is InChI=1S/C13H22N2O4/c1-12(2)8(7-9(12)19-3)14-11(18)15-13(10(16)17)5-4-6-13/h8-9H,4-7H2,1-3H3,(H,16,17)(H2,14,15,18). The fourth-order valence-electron chi connectivity index (χ4n) is 2.86. The highest BCUT2D eigenvalue weighted by Gasteiger charge is 2.51. The van der Waals surface area contributed by atoms with E-state index < -0.39 is 17.5 Å². The normalized spacial score (nSPS) is 30.7. The van der Waals surface area contributed by atoms with Crippen molar-refractivity contribution >= 4 is 12.0 Å². The third-order valence-corrected chi connectivity index (χ3v) is 4.74. The first-order valence-electron chi connectivity index (χ1n) is 6.67. The number of carboxylic acid groups (broad SMARTS) is 1. The van der Waals surface area contributed by atoms with Crippen molar-refractivity contribution in [3.63, 3.8) is 0 Å². The van der Waals surface area contributed by atoms with E-state index in [0.717, 1.165) is 12.8 Å². The molecule has 0 aromatic carbocycles. The monoisotopic (exact) mass is 270 g/mol. The maximum atomic E-state index is 11.9. The number of carbonyl (C=O) groups is 2. The van der Waals surface area contributed by atoms with E-state index in [4.69, 9.17) is 9.84 Å². The molecule has 0 aromatic heterocycles. The summed E-state index contributed by atoms with van der Waals surface area (Å²) in [4.78, 5) is 23.1. The zero-order valence-corrected chi connectivity index (χ0v) is 11.7. The summed E-state index contributed by atoms with van der Waals surface area (Å²) in [6.45, 7) is 4.07. The minimum Gasteiger partial charge on any atom is -0.480 e. The molecule has 2 amide bonds. The summed E-state index contributed by atoms with van der Waals surface area (Å²) in [7, 11) is 1.66. The molecule has 2 saturated carbocycles. The van der Waals surface area contributed by atoms with Crippen LogP contribution in [0.1, 0.15) is 39.5 Å². The van der Waals surface area contributed by atoms with Gasteiger partial charge in [0.05, 0.1) is 6.10 Å². The number of urea groups is 1. The number of nitrogens with one attached hydrogen (secondary N) is 2. The molecule has 108 valence electrons. The molecule has 2 unspecified atom stereocenters. The molecule has 0 bridgehead atoms. The lowest BCUT2D eigenvalue weighted by atomic mass is 9.64. The molecule has 6 nitrogen and oxygen atoms in total. The van der Waals surface area contributed by atoms with Crippen molar-refractivity contribution in [1.82, 2.24) is 10.6 Å². The summed E-state index contributed by atoms with van der Waals surface area (Å²) in [5.41, 5.74) is -1.18. The average Bonchev–Trinajstić information content (AvgIpc) is 2.28. The number of rotatable bonds is 4. The molecule has 6 heteroatoms. The number of amides is 2. The van der Waals surface area contributed by atoms with E-state index in [1.165, 1.54) is 0 Å². The molecular weight excluding hydrogens is 248 g/mol. The van der Waals surface area contributed by atoms with Crippen molar-refractivity contribution in [1.29, 1.82) is 0 Å². The van der Waals surface area contributed by atoms with Crippen molar-refractivity contribution in [2.45, 2.75) is 57.2 Å². The summed E-state index contributed by atoms with van der Waals surface area (Å²) in [6, 6.07) is -0.377. The predicted octanol–water partition coefficient (Wildman–Crippen LogP) is 1.11. The Labute approximate surface area is 112 Å². The van der Waals surface area contributed by atoms with Gasteiger partial charge in [0.2, 0.25) is 0 Å². The average molecular weight is 270 g/mol. The maximum absolute atomic E-state index is 11.9. The van der Waals surface area contributed by atoms with Crippen LogP contribution in [0.4, 0.5) is 4.79 Å². The minimum atomic E-state index is -1.06. The highest BCUT2D eigenvalue weighted by atomic mass is 16.5. The van der Waals surface area contributed by atoms with Gasteiger partial charge >= 0.3 is 12.0 Å². The molecule has 0 radical (unpaired) electrons. The Kier molecular flexibility index (Phi) is 3.47. The van der Waals surface area contributed by atoms with Crippen LogP contribution in [-0.4, -0.2) is 41.9 Å². The van der Waals surface area contributed by atoms with Crippen LogP contribution in [0.5, 0.6) is 0 Å². The Morgan fingerprint density at radius 1 is 1.32 bits per heavy atom. The van der Waals surface area contributed by atoms with Crippen LogP contribution in [0.15, 0.2) is 0 Å². The van der Waals surface area contributed by atoms with E-state index in [-0.39, 0.29) is 17.6 Å². The second kappa shape index (κ2) is 4.67. The van der Waals surface area contributed by atoms with Crippen LogP contribution in [0.25, 0.3) is 0 Å². The van der Waals surface area contributed by atoms with Crippen molar-refractivity contribution in [2.75, 3.05) is 7.11 Å². The molecule has 0 spiro atoms. The van der Waals surface area contributed by atoms with E-state index in [1.807, 2.05) is 13.8 Å². The van der Waals surface area contributed by atoms with E-state index in [0.29, 0.717) is 12.8 Å². The Balaban J connectivity index is 1.88. The van der Waals surface area contributed by atoms with Gasteiger partial charge in [-0.05, 0) is 25.7 Å². The summed E-state index contributed by atoms with van der Waals surface area (Å²) >= 11 is 0. The van der Waals surface area contributed by atoms with Crippen LogP contribution in [0, 0.1) is 5.41 Å². The number of ether oxygens (including phenoxy) is 1. The molecule has 0 saturated heterocycles. The Bertz CT molecular complexity index is 390. The first-order valence-corrected chi connectivity index (χ1v) is 6.67. The number of aliphatic carboxylic acids is 1. The van der Waals surface area contributed by atoms with Crippen molar-refractivity contribution in [2.24, 2.45) is 5.41 Å². The van der Waals surface area contributed by atoms with E-state index >= 15 is 0 Å². The van der Waals surface area contributed by atoms with Gasteiger partial charge in [-0.1, -0.05) is 13.8 Å². The zero-order chi connectivity index (χ0) is 14.3. The van der Waals surface area contributed by atoms with Gasteiger partial charge in [0.1, 0.15) is 5.54 Å². The number of carboxylic acids is 1. The lowest BCUT2D eigenvalue weighted by Gasteiger charge is -2.51. The van der Waals surface area contributed by atoms with Crippen LogP contribution in [0.2, 0.25) is 0 Å². The highest BCUT2D eigenvalue weighted by Crippen LogP contribution is 2.42. The van der Waals surface area contributed by atoms with Crippen LogP contribution in [0.3, 0.4) is 0 Å². The van der Waals surface area contributed by atoms with Gasteiger partial charge in [0.15, 0.2) is 0 Å². The Morgan fingerprint density at radius 3 is 2.32 bits per heavy atom. The first kappa shape index (κ1) is 14.1. The van der Waals surface area contributed by atoms with Gasteiger partial charge in [-0.15, -0.1) is 0 Å². The first-order chi connectivity index (χ1) is 8.82. The molecule has 2 rings (SSSR count). The lowest BCUT2D eigenvalue weighted by molar-refractivity contribution is -0.148. The summed E-state index contributed by atoms with van der Waals surface area (Å²) < 4.78 is 5.32.